The van der Waals surface area contributed by atoms with Gasteiger partial charge < -0.3 is 5.73 Å². The zero-order chi connectivity index (χ0) is 10.4. The molecule has 4 heteroatoms. The Labute approximate surface area is 103 Å². The third-order valence-electron chi connectivity index (χ3n) is 2.31. The Balaban J connectivity index is 0.00000196. The van der Waals surface area contributed by atoms with Gasteiger partial charge in [0.2, 0.25) is 0 Å². The number of nitrogens with zero attached hydrogens (tertiary/aromatic N) is 1. The minimum atomic E-state index is 0. The summed E-state index contributed by atoms with van der Waals surface area (Å²) in [5.41, 5.74) is 6.98. The van der Waals surface area contributed by atoms with Crippen LogP contribution in [0, 0.1) is 0 Å². The van der Waals surface area contributed by atoms with Crippen LogP contribution in [-0.2, 0) is 0 Å². The van der Waals surface area contributed by atoms with E-state index in [1.165, 1.54) is 12.8 Å². The molecule has 1 atom stereocenters. The summed E-state index contributed by atoms with van der Waals surface area (Å²) in [5.74, 6) is 0. The van der Waals surface area contributed by atoms with Crippen LogP contribution in [0.4, 0.5) is 0 Å². The lowest BCUT2D eigenvalue weighted by Gasteiger charge is -2.12. The first-order valence-corrected chi connectivity index (χ1v) is 5.49. The second-order valence-corrected chi connectivity index (χ2v) is 3.84. The fourth-order valence-corrected chi connectivity index (χ4v) is 1.70. The molecule has 0 aliphatic heterocycles. The fourth-order valence-electron chi connectivity index (χ4n) is 1.44. The van der Waals surface area contributed by atoms with Crippen LogP contribution in [0.15, 0.2) is 18.3 Å². The molecule has 0 radical (unpaired) electrons. The van der Waals surface area contributed by atoms with Crippen molar-refractivity contribution in [2.45, 2.75) is 38.6 Å². The molecule has 1 rings (SSSR count). The van der Waals surface area contributed by atoms with Gasteiger partial charge in [-0.05, 0) is 12.5 Å². The standard InChI is InChI=1S/C11H17ClN2.ClH/c1-2-3-4-7-10(13)9-6-5-8-14-11(9)12;/h5-6,8,10H,2-4,7,13H2,1H3;1H/t10-;/m1./s1. The molecular weight excluding hydrogens is 231 g/mol. The summed E-state index contributed by atoms with van der Waals surface area (Å²) in [6, 6.07) is 3.86. The van der Waals surface area contributed by atoms with Crippen molar-refractivity contribution >= 4 is 24.0 Å². The highest BCUT2D eigenvalue weighted by atomic mass is 35.5. The maximum atomic E-state index is 6.01. The molecular formula is C11H18Cl2N2. The summed E-state index contributed by atoms with van der Waals surface area (Å²) >= 11 is 5.94. The largest absolute Gasteiger partial charge is 0.324 e. The number of rotatable bonds is 5. The quantitative estimate of drug-likeness (QED) is 0.637. The average molecular weight is 249 g/mol. The van der Waals surface area contributed by atoms with Crippen LogP contribution in [0.5, 0.6) is 0 Å². The Morgan fingerprint density at radius 1 is 1.47 bits per heavy atom. The van der Waals surface area contributed by atoms with Crippen LogP contribution >= 0.6 is 24.0 Å². The molecule has 15 heavy (non-hydrogen) atoms. The van der Waals surface area contributed by atoms with Crippen LogP contribution in [0.1, 0.15) is 44.2 Å². The SMILES string of the molecule is CCCCC[C@@H](N)c1cccnc1Cl.Cl. The van der Waals surface area contributed by atoms with E-state index < -0.39 is 0 Å². The van der Waals surface area contributed by atoms with Crippen molar-refractivity contribution in [3.05, 3.63) is 29.0 Å². The lowest BCUT2D eigenvalue weighted by Crippen LogP contribution is -2.11. The van der Waals surface area contributed by atoms with E-state index in [9.17, 15) is 0 Å². The number of aromatic nitrogens is 1. The topological polar surface area (TPSA) is 38.9 Å². The molecule has 86 valence electrons. The van der Waals surface area contributed by atoms with Crippen molar-refractivity contribution in [2.75, 3.05) is 0 Å². The molecule has 0 aliphatic carbocycles. The van der Waals surface area contributed by atoms with Gasteiger partial charge in [-0.2, -0.15) is 0 Å². The van der Waals surface area contributed by atoms with Gasteiger partial charge in [-0.25, -0.2) is 4.98 Å². The van der Waals surface area contributed by atoms with E-state index in [1.54, 1.807) is 6.20 Å². The smallest absolute Gasteiger partial charge is 0.133 e. The second kappa shape index (κ2) is 7.91. The molecule has 1 aromatic heterocycles. The minimum absolute atomic E-state index is 0. The van der Waals surface area contributed by atoms with Crippen molar-refractivity contribution in [2.24, 2.45) is 5.73 Å². The zero-order valence-corrected chi connectivity index (χ0v) is 10.5. The molecule has 0 aromatic carbocycles. The lowest BCUT2D eigenvalue weighted by molar-refractivity contribution is 0.580. The summed E-state index contributed by atoms with van der Waals surface area (Å²) in [6.07, 6.45) is 6.27. The monoisotopic (exact) mass is 248 g/mol. The van der Waals surface area contributed by atoms with Crippen molar-refractivity contribution in [1.29, 1.82) is 0 Å². The van der Waals surface area contributed by atoms with E-state index in [1.807, 2.05) is 12.1 Å². The van der Waals surface area contributed by atoms with Gasteiger partial charge in [0.05, 0.1) is 0 Å². The Morgan fingerprint density at radius 3 is 2.80 bits per heavy atom. The van der Waals surface area contributed by atoms with Gasteiger partial charge in [0.25, 0.3) is 0 Å². The Kier molecular flexibility index (Phi) is 7.75. The van der Waals surface area contributed by atoms with E-state index in [0.717, 1.165) is 18.4 Å². The molecule has 2 nitrogen and oxygen atoms in total. The van der Waals surface area contributed by atoms with E-state index in [-0.39, 0.29) is 18.4 Å². The van der Waals surface area contributed by atoms with E-state index >= 15 is 0 Å². The summed E-state index contributed by atoms with van der Waals surface area (Å²) in [7, 11) is 0. The molecule has 0 unspecified atom stereocenters. The molecule has 0 bridgehead atoms. The van der Waals surface area contributed by atoms with E-state index in [4.69, 9.17) is 17.3 Å². The lowest BCUT2D eigenvalue weighted by atomic mass is 10.0. The first kappa shape index (κ1) is 14.7. The van der Waals surface area contributed by atoms with Crippen LogP contribution < -0.4 is 5.73 Å². The van der Waals surface area contributed by atoms with Gasteiger partial charge >= 0.3 is 0 Å². The highest BCUT2D eigenvalue weighted by Gasteiger charge is 2.09. The Morgan fingerprint density at radius 2 is 2.20 bits per heavy atom. The number of halogens is 2. The third-order valence-corrected chi connectivity index (χ3v) is 2.62. The molecule has 0 amide bonds. The Bertz CT molecular complexity index is 279. The maximum absolute atomic E-state index is 6.01. The van der Waals surface area contributed by atoms with Crippen LogP contribution in [0.2, 0.25) is 5.15 Å². The van der Waals surface area contributed by atoms with E-state index in [0.29, 0.717) is 5.15 Å². The zero-order valence-electron chi connectivity index (χ0n) is 8.95. The highest BCUT2D eigenvalue weighted by Crippen LogP contribution is 2.22. The van der Waals surface area contributed by atoms with Crippen molar-refractivity contribution < 1.29 is 0 Å². The van der Waals surface area contributed by atoms with Gasteiger partial charge in [-0.15, -0.1) is 12.4 Å². The predicted octanol–water partition coefficient (Wildman–Crippen LogP) is 3.74. The van der Waals surface area contributed by atoms with Crippen molar-refractivity contribution in [3.63, 3.8) is 0 Å². The molecule has 1 aromatic rings. The van der Waals surface area contributed by atoms with Gasteiger partial charge in [-0.3, -0.25) is 0 Å². The normalized spacial score (nSPS) is 11.9. The van der Waals surface area contributed by atoms with Crippen molar-refractivity contribution in [1.82, 2.24) is 4.98 Å². The van der Waals surface area contributed by atoms with Crippen LogP contribution in [0.3, 0.4) is 0 Å². The van der Waals surface area contributed by atoms with Crippen molar-refractivity contribution in [3.8, 4) is 0 Å². The van der Waals surface area contributed by atoms with Gasteiger partial charge in [0.1, 0.15) is 5.15 Å². The maximum Gasteiger partial charge on any atom is 0.133 e. The number of nitrogens with two attached hydrogens (primary N) is 1. The molecule has 2 N–H and O–H groups in total. The average Bonchev–Trinajstić information content (AvgIpc) is 2.18. The van der Waals surface area contributed by atoms with Crippen LogP contribution in [0.25, 0.3) is 0 Å². The first-order chi connectivity index (χ1) is 6.75. The van der Waals surface area contributed by atoms with Gasteiger partial charge in [0, 0.05) is 17.8 Å². The summed E-state index contributed by atoms with van der Waals surface area (Å²) < 4.78 is 0. The summed E-state index contributed by atoms with van der Waals surface area (Å²) in [4.78, 5) is 4.01. The van der Waals surface area contributed by atoms with Crippen LogP contribution in [-0.4, -0.2) is 4.98 Å². The molecule has 0 aliphatic rings. The van der Waals surface area contributed by atoms with Gasteiger partial charge in [0.15, 0.2) is 0 Å². The number of hydrogen-bond acceptors (Lipinski definition) is 2. The molecule has 0 fully saturated rings. The number of unbranched alkanes of at least 4 members (excludes halogenated alkanes) is 2. The molecule has 1 heterocycles. The number of hydrogen-bond donors (Lipinski definition) is 1. The fraction of sp³-hybridized carbons (Fsp3) is 0.545. The third kappa shape index (κ3) is 4.83. The van der Waals surface area contributed by atoms with Gasteiger partial charge in [-0.1, -0.05) is 43.9 Å². The molecule has 0 spiro atoms. The number of pyridine rings is 1. The predicted molar refractivity (Wildman–Crippen MR) is 67.6 cm³/mol. The summed E-state index contributed by atoms with van der Waals surface area (Å²) in [5, 5.41) is 0.538. The Hall–Kier alpha value is -0.310. The molecule has 0 saturated heterocycles. The molecule has 0 saturated carbocycles. The summed E-state index contributed by atoms with van der Waals surface area (Å²) in [6.45, 7) is 2.18. The minimum Gasteiger partial charge on any atom is -0.324 e. The second-order valence-electron chi connectivity index (χ2n) is 3.49. The highest BCUT2D eigenvalue weighted by molar-refractivity contribution is 6.30. The first-order valence-electron chi connectivity index (χ1n) is 5.11. The van der Waals surface area contributed by atoms with E-state index in [2.05, 4.69) is 11.9 Å².